The summed E-state index contributed by atoms with van der Waals surface area (Å²) in [6.07, 6.45) is -0.748. The van der Waals surface area contributed by atoms with Crippen molar-refractivity contribution in [3.05, 3.63) is 81.4 Å². The average molecular weight is 390 g/mol. The van der Waals surface area contributed by atoms with Gasteiger partial charge in [-0.1, -0.05) is 38.1 Å². The molecule has 0 amide bonds. The molecule has 1 fully saturated rings. The zero-order valence-electron chi connectivity index (χ0n) is 15.5. The van der Waals surface area contributed by atoms with Crippen molar-refractivity contribution < 1.29 is 18.3 Å². The van der Waals surface area contributed by atoms with Gasteiger partial charge < -0.3 is 4.74 Å². The molecule has 0 bridgehead atoms. The maximum Gasteiger partial charge on any atom is 0.340 e. The zero-order chi connectivity index (χ0) is 20.6. The molecule has 1 saturated heterocycles. The largest absolute Gasteiger partial charge is 0.344 e. The van der Waals surface area contributed by atoms with Crippen LogP contribution in [0.3, 0.4) is 0 Å². The molecule has 0 spiro atoms. The van der Waals surface area contributed by atoms with Crippen molar-refractivity contribution in [2.75, 3.05) is 0 Å². The van der Waals surface area contributed by atoms with Gasteiger partial charge in [0.05, 0.1) is 11.8 Å². The molecule has 0 unspecified atom stereocenters. The van der Waals surface area contributed by atoms with E-state index in [0.717, 1.165) is 0 Å². The van der Waals surface area contributed by atoms with Gasteiger partial charge in [-0.05, 0) is 18.6 Å². The first-order valence-electron chi connectivity index (χ1n) is 8.86. The van der Waals surface area contributed by atoms with Crippen molar-refractivity contribution in [2.24, 2.45) is 5.92 Å². The number of benzene rings is 1. The van der Waals surface area contributed by atoms with E-state index in [1.54, 1.807) is 19.9 Å². The van der Waals surface area contributed by atoms with E-state index in [-0.39, 0.29) is 10.1 Å². The Hall–Kier alpha value is -2.87. The molecule has 4 atom stereocenters. The van der Waals surface area contributed by atoms with Gasteiger partial charge in [-0.3, -0.25) is 14.2 Å². The number of nitrogens with zero attached hydrogens (tertiary/aromatic N) is 2. The van der Waals surface area contributed by atoms with E-state index in [1.165, 1.54) is 30.3 Å². The van der Waals surface area contributed by atoms with Crippen molar-refractivity contribution in [3.63, 3.8) is 0 Å². The molecule has 148 valence electrons. The predicted octanol–water partition coefficient (Wildman–Crippen LogP) is 2.68. The van der Waals surface area contributed by atoms with Gasteiger partial charge in [0.1, 0.15) is 0 Å². The van der Waals surface area contributed by atoms with E-state index in [1.807, 2.05) is 0 Å². The van der Waals surface area contributed by atoms with Crippen LogP contribution in [-0.2, 0) is 4.74 Å². The monoisotopic (exact) mass is 390 g/mol. The Bertz CT molecular complexity index is 1030. The van der Waals surface area contributed by atoms with Crippen LogP contribution in [0.5, 0.6) is 0 Å². The third-order valence-electron chi connectivity index (χ3n) is 5.33. The lowest BCUT2D eigenvalue weighted by Crippen LogP contribution is -2.47. The number of carbonyl (C=O) groups excluding carboxylic acids is 1. The molecule has 0 saturated carbocycles. The summed E-state index contributed by atoms with van der Waals surface area (Å²) in [5.74, 6) is -3.03. The maximum atomic E-state index is 15.0. The number of ether oxygens (including phenoxy) is 1. The van der Waals surface area contributed by atoms with Crippen molar-refractivity contribution in [3.8, 4) is 0 Å². The van der Waals surface area contributed by atoms with Crippen LogP contribution in [0.4, 0.5) is 8.78 Å². The average Bonchev–Trinajstić information content (AvgIpc) is 2.97. The molecule has 2 heterocycles. The van der Waals surface area contributed by atoms with Gasteiger partial charge in [-0.25, -0.2) is 9.18 Å². The second kappa shape index (κ2) is 7.27. The number of aromatic nitrogens is 2. The summed E-state index contributed by atoms with van der Waals surface area (Å²) in [5.41, 5.74) is -3.60. The summed E-state index contributed by atoms with van der Waals surface area (Å²) >= 11 is 0. The van der Waals surface area contributed by atoms with E-state index >= 15 is 0 Å². The lowest BCUT2D eigenvalue weighted by Gasteiger charge is -2.27. The molecule has 1 aromatic carbocycles. The van der Waals surface area contributed by atoms with Crippen LogP contribution in [0, 0.1) is 11.7 Å². The minimum Gasteiger partial charge on any atom is -0.344 e. The molecule has 1 aliphatic heterocycles. The Morgan fingerprint density at radius 2 is 1.96 bits per heavy atom. The number of alkyl halides is 1. The van der Waals surface area contributed by atoms with Gasteiger partial charge in [-0.15, -0.1) is 6.58 Å². The van der Waals surface area contributed by atoms with E-state index in [2.05, 4.69) is 6.58 Å². The quantitative estimate of drug-likeness (QED) is 0.753. The minimum atomic E-state index is -1.67. The fraction of sp³-hybridized carbons (Fsp3) is 0.350. The zero-order valence-corrected chi connectivity index (χ0v) is 15.5. The summed E-state index contributed by atoms with van der Waals surface area (Å²) in [6.45, 7) is 7.05. The van der Waals surface area contributed by atoms with Crippen LogP contribution in [0.15, 0.2) is 58.8 Å². The lowest BCUT2D eigenvalue weighted by atomic mass is 9.85. The van der Waals surface area contributed by atoms with Crippen molar-refractivity contribution >= 4 is 5.91 Å². The molecule has 2 aromatic rings. The Kier molecular flexibility index (Phi) is 5.16. The standard InChI is InChI=1S/C20H20F2N2O4/c1-4-20(5-2)12(3)15(22)18(28-20)23-11-14(21)17(26)24(19(23)27)16(25)13-9-7-6-8-10-13/h4,6-12,15,18H,1,5H2,2-3H3/t12-,15-,18+,20+/m0/s1. The molecule has 1 aromatic heterocycles. The molecule has 8 heteroatoms. The van der Waals surface area contributed by atoms with E-state index in [4.69, 9.17) is 4.74 Å². The number of halogens is 2. The van der Waals surface area contributed by atoms with Gasteiger partial charge in [0.25, 0.3) is 11.5 Å². The first-order chi connectivity index (χ1) is 13.3. The molecule has 0 aliphatic carbocycles. The number of rotatable bonds is 4. The Balaban J connectivity index is 2.16. The molecule has 3 rings (SSSR count). The Morgan fingerprint density at radius 1 is 1.32 bits per heavy atom. The first-order valence-corrected chi connectivity index (χ1v) is 8.86. The first kappa shape index (κ1) is 19.9. The summed E-state index contributed by atoms with van der Waals surface area (Å²) in [6, 6.07) is 7.49. The Labute approximate surface area is 159 Å². The summed E-state index contributed by atoms with van der Waals surface area (Å²) in [5, 5.41) is 0. The highest BCUT2D eigenvalue weighted by molar-refractivity contribution is 5.95. The van der Waals surface area contributed by atoms with Gasteiger partial charge >= 0.3 is 5.69 Å². The number of hydrogen-bond donors (Lipinski definition) is 0. The molecular weight excluding hydrogens is 370 g/mol. The number of hydrogen-bond acceptors (Lipinski definition) is 4. The number of carbonyl (C=O) groups is 1. The van der Waals surface area contributed by atoms with E-state index in [0.29, 0.717) is 17.2 Å². The van der Waals surface area contributed by atoms with Gasteiger partial charge in [0.15, 0.2) is 12.4 Å². The van der Waals surface area contributed by atoms with Crippen molar-refractivity contribution in [2.45, 2.75) is 38.3 Å². The highest BCUT2D eigenvalue weighted by Crippen LogP contribution is 2.45. The lowest BCUT2D eigenvalue weighted by molar-refractivity contribution is -0.0647. The predicted molar refractivity (Wildman–Crippen MR) is 98.5 cm³/mol. The topological polar surface area (TPSA) is 70.3 Å². The highest BCUT2D eigenvalue weighted by Gasteiger charge is 2.52. The maximum absolute atomic E-state index is 15.0. The van der Waals surface area contributed by atoms with Crippen LogP contribution in [0.2, 0.25) is 0 Å². The van der Waals surface area contributed by atoms with Crippen LogP contribution < -0.4 is 11.2 Å². The highest BCUT2D eigenvalue weighted by atomic mass is 19.1. The smallest absolute Gasteiger partial charge is 0.340 e. The molecule has 6 nitrogen and oxygen atoms in total. The van der Waals surface area contributed by atoms with Crippen LogP contribution >= 0.6 is 0 Å². The van der Waals surface area contributed by atoms with Gasteiger partial charge in [0.2, 0.25) is 5.82 Å². The second-order valence-electron chi connectivity index (χ2n) is 6.73. The third kappa shape index (κ3) is 2.93. The van der Waals surface area contributed by atoms with Gasteiger partial charge in [-0.2, -0.15) is 8.96 Å². The fourth-order valence-corrected chi connectivity index (χ4v) is 3.52. The second-order valence-corrected chi connectivity index (χ2v) is 6.73. The molecule has 28 heavy (non-hydrogen) atoms. The van der Waals surface area contributed by atoms with E-state index in [9.17, 15) is 23.2 Å². The SMILES string of the molecule is C=C[C@]1(CC)O[C@@H](n2cc(F)c(=O)n(C(=O)c3ccccc3)c2=O)[C@@H](F)[C@@H]1C. The van der Waals surface area contributed by atoms with E-state index < -0.39 is 46.9 Å². The molecule has 0 N–H and O–H groups in total. The normalized spacial score (nSPS) is 26.9. The molecule has 0 radical (unpaired) electrons. The fourth-order valence-electron chi connectivity index (χ4n) is 3.52. The van der Waals surface area contributed by atoms with Crippen LogP contribution in [0.25, 0.3) is 0 Å². The molecular formula is C20H20F2N2O4. The summed E-state index contributed by atoms with van der Waals surface area (Å²) in [7, 11) is 0. The van der Waals surface area contributed by atoms with Crippen molar-refractivity contribution in [1.82, 2.24) is 9.13 Å². The minimum absolute atomic E-state index is 0.0188. The van der Waals surface area contributed by atoms with Crippen LogP contribution in [0.1, 0.15) is 36.9 Å². The summed E-state index contributed by atoms with van der Waals surface area (Å²) in [4.78, 5) is 37.6. The third-order valence-corrected chi connectivity index (χ3v) is 5.33. The van der Waals surface area contributed by atoms with Crippen LogP contribution in [-0.4, -0.2) is 26.8 Å². The van der Waals surface area contributed by atoms with Gasteiger partial charge in [0, 0.05) is 11.5 Å². The Morgan fingerprint density at radius 3 is 2.50 bits per heavy atom. The molecule has 1 aliphatic rings. The van der Waals surface area contributed by atoms with Crippen molar-refractivity contribution in [1.29, 1.82) is 0 Å². The summed E-state index contributed by atoms with van der Waals surface area (Å²) < 4.78 is 35.8.